The normalized spacial score (nSPS) is 20.0. The van der Waals surface area contributed by atoms with Crippen molar-refractivity contribution in [1.29, 1.82) is 0 Å². The minimum atomic E-state index is 0.0135. The number of nitrogens with two attached hydrogens (primary N) is 1. The minimum Gasteiger partial charge on any atom is -0.491 e. The van der Waals surface area contributed by atoms with Crippen molar-refractivity contribution in [2.45, 2.75) is 25.5 Å². The molecule has 1 aromatic heterocycles. The molecule has 1 fully saturated rings. The Balaban J connectivity index is 1.64. The predicted octanol–water partition coefficient (Wildman–Crippen LogP) is 1.45. The van der Waals surface area contributed by atoms with E-state index in [1.807, 2.05) is 24.3 Å². The Labute approximate surface area is 146 Å². The highest BCUT2D eigenvalue weighted by molar-refractivity contribution is 5.48. The van der Waals surface area contributed by atoms with Gasteiger partial charge in [0, 0.05) is 30.7 Å². The van der Waals surface area contributed by atoms with Gasteiger partial charge in [0.25, 0.3) is 0 Å². The molecular weight excluding hydrogens is 320 g/mol. The van der Waals surface area contributed by atoms with Crippen molar-refractivity contribution < 1.29 is 14.6 Å². The number of rotatable bonds is 3. The van der Waals surface area contributed by atoms with Crippen LogP contribution in [0.5, 0.6) is 5.75 Å². The molecule has 1 atom stereocenters. The molecule has 1 saturated heterocycles. The molecule has 1 aromatic carbocycles. The second-order valence-electron chi connectivity index (χ2n) is 6.44. The highest BCUT2D eigenvalue weighted by atomic mass is 16.5. The number of aliphatic hydroxyl groups excluding tert-OH is 1. The molecule has 7 heteroatoms. The lowest BCUT2D eigenvalue weighted by Crippen LogP contribution is -2.27. The van der Waals surface area contributed by atoms with Gasteiger partial charge in [0.1, 0.15) is 18.2 Å². The zero-order valence-corrected chi connectivity index (χ0v) is 14.0. The Hall–Kier alpha value is -2.38. The van der Waals surface area contributed by atoms with Crippen molar-refractivity contribution >= 4 is 11.8 Å². The molecule has 0 radical (unpaired) electrons. The number of benzene rings is 1. The predicted molar refractivity (Wildman–Crippen MR) is 93.5 cm³/mol. The maximum Gasteiger partial charge on any atom is 0.222 e. The molecule has 3 N–H and O–H groups in total. The number of hydrogen-bond donors (Lipinski definition) is 2. The first kappa shape index (κ1) is 16.1. The van der Waals surface area contributed by atoms with Gasteiger partial charge in [-0.3, -0.25) is 0 Å². The number of aromatic nitrogens is 2. The summed E-state index contributed by atoms with van der Waals surface area (Å²) in [6, 6.07) is 7.79. The van der Waals surface area contributed by atoms with Crippen LogP contribution >= 0.6 is 0 Å². The number of hydrogen-bond acceptors (Lipinski definition) is 7. The Bertz CT molecular complexity index is 762. The lowest BCUT2D eigenvalue weighted by Gasteiger charge is -2.22. The van der Waals surface area contributed by atoms with Crippen LogP contribution in [0.1, 0.15) is 29.2 Å². The van der Waals surface area contributed by atoms with Crippen LogP contribution in [-0.4, -0.2) is 41.4 Å². The maximum atomic E-state index is 9.38. The van der Waals surface area contributed by atoms with E-state index in [1.54, 1.807) is 0 Å². The molecule has 0 bridgehead atoms. The van der Waals surface area contributed by atoms with E-state index >= 15 is 0 Å². The zero-order chi connectivity index (χ0) is 17.2. The summed E-state index contributed by atoms with van der Waals surface area (Å²) in [6.07, 6.45) is 0.960. The quantitative estimate of drug-likeness (QED) is 0.872. The van der Waals surface area contributed by atoms with Gasteiger partial charge >= 0.3 is 0 Å². The highest BCUT2D eigenvalue weighted by Gasteiger charge is 2.23. The first-order chi connectivity index (χ1) is 12.2. The molecule has 2 aromatic rings. The molecule has 0 saturated carbocycles. The average molecular weight is 342 g/mol. The number of nitrogen functional groups attached to an aromatic ring is 1. The Morgan fingerprint density at radius 3 is 2.96 bits per heavy atom. The van der Waals surface area contributed by atoms with E-state index in [0.717, 1.165) is 41.4 Å². The molecule has 25 heavy (non-hydrogen) atoms. The van der Waals surface area contributed by atoms with Gasteiger partial charge in [-0.15, -0.1) is 0 Å². The summed E-state index contributed by atoms with van der Waals surface area (Å²) in [7, 11) is 0. The molecule has 0 aliphatic carbocycles. The van der Waals surface area contributed by atoms with Crippen LogP contribution in [0.25, 0.3) is 0 Å². The standard InChI is InChI=1S/C18H22N4O3/c19-18-20-15(13-3-5-24-11-13)8-17(21-18)22-4-6-25-16-2-1-12(10-23)7-14(16)9-22/h1-2,7-8,13,23H,3-6,9-11H2,(H2,19,20,21)/t13-/m1/s1. The van der Waals surface area contributed by atoms with Gasteiger partial charge in [-0.05, 0) is 24.1 Å². The molecule has 4 rings (SSSR count). The van der Waals surface area contributed by atoms with Crippen molar-refractivity contribution in [3.05, 3.63) is 41.1 Å². The first-order valence-corrected chi connectivity index (χ1v) is 8.55. The molecule has 0 spiro atoms. The fraction of sp³-hybridized carbons (Fsp3) is 0.444. The summed E-state index contributed by atoms with van der Waals surface area (Å²) >= 11 is 0. The van der Waals surface area contributed by atoms with Crippen LogP contribution < -0.4 is 15.4 Å². The first-order valence-electron chi connectivity index (χ1n) is 8.55. The number of anilines is 2. The van der Waals surface area contributed by atoms with Crippen LogP contribution in [0.2, 0.25) is 0 Å². The van der Waals surface area contributed by atoms with Gasteiger partial charge in [0.2, 0.25) is 5.95 Å². The molecule has 2 aliphatic heterocycles. The Morgan fingerprint density at radius 1 is 1.24 bits per heavy atom. The van der Waals surface area contributed by atoms with Gasteiger partial charge in [0.15, 0.2) is 0 Å². The lowest BCUT2D eigenvalue weighted by atomic mass is 10.0. The van der Waals surface area contributed by atoms with E-state index in [4.69, 9.17) is 15.2 Å². The summed E-state index contributed by atoms with van der Waals surface area (Å²) in [4.78, 5) is 11.0. The van der Waals surface area contributed by atoms with E-state index in [-0.39, 0.29) is 18.5 Å². The van der Waals surface area contributed by atoms with Crippen molar-refractivity contribution in [3.63, 3.8) is 0 Å². The Morgan fingerprint density at radius 2 is 2.16 bits per heavy atom. The number of fused-ring (bicyclic) bond motifs is 1. The number of nitrogens with zero attached hydrogens (tertiary/aromatic N) is 3. The molecule has 3 heterocycles. The summed E-state index contributed by atoms with van der Waals surface area (Å²) < 4.78 is 11.3. The van der Waals surface area contributed by atoms with E-state index in [1.165, 1.54) is 0 Å². The van der Waals surface area contributed by atoms with Crippen molar-refractivity contribution in [3.8, 4) is 5.75 Å². The summed E-state index contributed by atoms with van der Waals surface area (Å²) in [5, 5.41) is 9.38. The maximum absolute atomic E-state index is 9.38. The molecule has 0 amide bonds. The summed E-state index contributed by atoms with van der Waals surface area (Å²) in [5.41, 5.74) is 8.80. The van der Waals surface area contributed by atoms with Crippen molar-refractivity contribution in [2.24, 2.45) is 0 Å². The van der Waals surface area contributed by atoms with E-state index < -0.39 is 0 Å². The Kier molecular flexibility index (Phi) is 4.42. The molecule has 7 nitrogen and oxygen atoms in total. The third-order valence-electron chi connectivity index (χ3n) is 4.71. The smallest absolute Gasteiger partial charge is 0.222 e. The summed E-state index contributed by atoms with van der Waals surface area (Å²) in [5.74, 6) is 2.22. The van der Waals surface area contributed by atoms with Crippen molar-refractivity contribution in [2.75, 3.05) is 37.0 Å². The monoisotopic (exact) mass is 342 g/mol. The molecule has 0 unspecified atom stereocenters. The van der Waals surface area contributed by atoms with Crippen LogP contribution in [0.4, 0.5) is 11.8 Å². The lowest BCUT2D eigenvalue weighted by molar-refractivity contribution is 0.193. The van der Waals surface area contributed by atoms with Gasteiger partial charge in [0.05, 0.1) is 25.5 Å². The van der Waals surface area contributed by atoms with Gasteiger partial charge in [-0.25, -0.2) is 4.98 Å². The van der Waals surface area contributed by atoms with Crippen LogP contribution in [0.3, 0.4) is 0 Å². The third kappa shape index (κ3) is 3.38. The van der Waals surface area contributed by atoms with Crippen molar-refractivity contribution in [1.82, 2.24) is 9.97 Å². The van der Waals surface area contributed by atoms with Crippen LogP contribution in [-0.2, 0) is 17.9 Å². The number of ether oxygens (including phenoxy) is 2. The molecule has 2 aliphatic rings. The summed E-state index contributed by atoms with van der Waals surface area (Å²) in [6.45, 7) is 3.39. The fourth-order valence-corrected chi connectivity index (χ4v) is 3.35. The van der Waals surface area contributed by atoms with Crippen LogP contribution in [0.15, 0.2) is 24.3 Å². The minimum absolute atomic E-state index is 0.0135. The number of aliphatic hydroxyl groups is 1. The van der Waals surface area contributed by atoms with Gasteiger partial charge < -0.3 is 25.2 Å². The zero-order valence-electron chi connectivity index (χ0n) is 14.0. The van der Waals surface area contributed by atoms with Crippen LogP contribution in [0, 0.1) is 0 Å². The second kappa shape index (κ2) is 6.85. The molecule has 132 valence electrons. The van der Waals surface area contributed by atoms with E-state index in [0.29, 0.717) is 26.3 Å². The second-order valence-corrected chi connectivity index (χ2v) is 6.44. The fourth-order valence-electron chi connectivity index (χ4n) is 3.35. The molecular formula is C18H22N4O3. The van der Waals surface area contributed by atoms with Gasteiger partial charge in [-0.2, -0.15) is 4.98 Å². The topological polar surface area (TPSA) is 93.7 Å². The largest absolute Gasteiger partial charge is 0.491 e. The third-order valence-corrected chi connectivity index (χ3v) is 4.71. The average Bonchev–Trinajstić information content (AvgIpc) is 3.07. The van der Waals surface area contributed by atoms with E-state index in [2.05, 4.69) is 14.9 Å². The highest BCUT2D eigenvalue weighted by Crippen LogP contribution is 2.30. The SMILES string of the molecule is Nc1nc([C@@H]2CCOC2)cc(N2CCOc3ccc(CO)cc3C2)n1. The van der Waals surface area contributed by atoms with Gasteiger partial charge in [-0.1, -0.05) is 6.07 Å². The van der Waals surface area contributed by atoms with E-state index in [9.17, 15) is 5.11 Å².